The first-order chi connectivity index (χ1) is 24.9. The Morgan fingerprint density at radius 2 is 1.02 bits per heavy atom. The van der Waals surface area contributed by atoms with E-state index < -0.39 is 0 Å². The quantitative estimate of drug-likeness (QED) is 0.165. The molecule has 0 N–H and O–H groups in total. The van der Waals surface area contributed by atoms with Gasteiger partial charge in [0.05, 0.1) is 5.69 Å². The maximum absolute atomic E-state index is 4.45. The summed E-state index contributed by atoms with van der Waals surface area (Å²) in [5.74, 6) is 0.691. The van der Waals surface area contributed by atoms with Gasteiger partial charge in [-0.15, -0.1) is 46.5 Å². The van der Waals surface area contributed by atoms with Crippen LogP contribution in [0.2, 0.25) is 0 Å². The fourth-order valence-electron chi connectivity index (χ4n) is 5.75. The van der Waals surface area contributed by atoms with E-state index in [1.54, 1.807) is 6.20 Å². The van der Waals surface area contributed by atoms with Gasteiger partial charge in [-0.2, -0.15) is 0 Å². The van der Waals surface area contributed by atoms with E-state index in [1.807, 2.05) is 91.3 Å². The summed E-state index contributed by atoms with van der Waals surface area (Å²) in [5, 5.41) is 4.92. The molecule has 9 rings (SSSR count). The predicted octanol–water partition coefficient (Wildman–Crippen LogP) is 11.8. The van der Waals surface area contributed by atoms with Crippen molar-refractivity contribution >= 4 is 64.4 Å². The molecule has 0 fully saturated rings. The van der Waals surface area contributed by atoms with Crippen molar-refractivity contribution in [2.45, 2.75) is 13.8 Å². The van der Waals surface area contributed by atoms with Crippen LogP contribution in [-0.4, -0.2) is 19.9 Å². The molecule has 4 aromatic heterocycles. The summed E-state index contributed by atoms with van der Waals surface area (Å²) < 4.78 is 1.98. The second kappa shape index (κ2) is 17.1. The number of imidazole rings is 1. The summed E-state index contributed by atoms with van der Waals surface area (Å²) in [6, 6.07) is 49.1. The number of para-hydroxylation sites is 2. The number of fused-ring (bicyclic) bond motifs is 3. The van der Waals surface area contributed by atoms with Gasteiger partial charge in [0.2, 0.25) is 0 Å². The van der Waals surface area contributed by atoms with Gasteiger partial charge in [-0.3, -0.25) is 4.98 Å². The molecule has 5 aromatic carbocycles. The van der Waals surface area contributed by atoms with Crippen LogP contribution >= 0.6 is 31.9 Å². The molecule has 0 aliphatic rings. The van der Waals surface area contributed by atoms with Crippen molar-refractivity contribution in [2.24, 2.45) is 0 Å². The minimum Gasteiger partial charge on any atom is -0.434 e. The molecule has 0 spiro atoms. The van der Waals surface area contributed by atoms with E-state index in [-0.39, 0.29) is 20.1 Å². The number of halogens is 2. The zero-order valence-electron chi connectivity index (χ0n) is 28.2. The third-order valence-corrected chi connectivity index (χ3v) is 9.24. The minimum absolute atomic E-state index is 0. The molecule has 0 aliphatic carbocycles. The Labute approximate surface area is 333 Å². The van der Waals surface area contributed by atoms with Gasteiger partial charge in [0, 0.05) is 27.5 Å². The monoisotopic (exact) mass is 979 g/mol. The summed E-state index contributed by atoms with van der Waals surface area (Å²) in [5.41, 5.74) is 9.15. The smallest absolute Gasteiger partial charge is 0.434 e. The molecule has 0 saturated carbocycles. The first-order valence-electron chi connectivity index (χ1n) is 16.3. The summed E-state index contributed by atoms with van der Waals surface area (Å²) >= 11 is 6.81. The molecule has 0 radical (unpaired) electrons. The Kier molecular flexibility index (Phi) is 12.1. The van der Waals surface area contributed by atoms with Gasteiger partial charge in [-0.1, -0.05) is 139 Å². The van der Waals surface area contributed by atoms with Gasteiger partial charge in [-0.05, 0) is 72.2 Å². The average molecular weight is 981 g/mol. The normalized spacial score (nSPS) is 10.5. The fraction of sp³-hybridized carbons (Fsp3) is 0.0455. The SMILES string of the molecule is Cc1c[c-]c(-c2ccc(Br)cn2)c2ccccc12.Cc1c[c-]c(-c2ccc(Br)cn2)c2ccccc12.[Ir+3].c1ccc(-c2nc3ccccc3[n-]2)nc1. The number of aromatic nitrogens is 5. The van der Waals surface area contributed by atoms with Gasteiger partial charge < -0.3 is 19.9 Å². The number of hydrogen-bond acceptors (Lipinski definition) is 4. The molecule has 5 nitrogen and oxygen atoms in total. The molecular weight excluding hydrogens is 951 g/mol. The van der Waals surface area contributed by atoms with Crippen LogP contribution in [0.15, 0.2) is 155 Å². The number of pyridine rings is 3. The van der Waals surface area contributed by atoms with Crippen LogP contribution in [0, 0.1) is 26.0 Å². The maximum Gasteiger partial charge on any atom is 3.00 e. The minimum atomic E-state index is 0. The summed E-state index contributed by atoms with van der Waals surface area (Å²) in [7, 11) is 0. The fourth-order valence-corrected chi connectivity index (χ4v) is 6.22. The number of benzene rings is 5. The number of aryl methyl sites for hydroxylation is 2. The topological polar surface area (TPSA) is 65.7 Å². The Hall–Kier alpha value is -4.85. The van der Waals surface area contributed by atoms with Gasteiger partial charge in [0.25, 0.3) is 0 Å². The standard InChI is InChI=1S/2C16H11BrN.C12H8N3.Ir/c2*1-11-6-8-15(14-5-3-2-4-13(11)14)16-9-7-12(17)10-18-16;1-2-6-10-9(5-1)14-12(15-10)11-7-3-4-8-13-11;/h2*2-7,9-10H,1H3;1-8H;/q3*-1;+3. The molecular formula is C44H30Br2IrN5. The van der Waals surface area contributed by atoms with Gasteiger partial charge >= 0.3 is 20.1 Å². The van der Waals surface area contributed by atoms with Crippen LogP contribution in [0.3, 0.4) is 0 Å². The second-order valence-electron chi connectivity index (χ2n) is 11.8. The summed E-state index contributed by atoms with van der Waals surface area (Å²) in [6.07, 6.45) is 5.38. The average Bonchev–Trinajstić information content (AvgIpc) is 3.62. The third-order valence-electron chi connectivity index (χ3n) is 8.30. The number of hydrogen-bond donors (Lipinski definition) is 0. The van der Waals surface area contributed by atoms with Gasteiger partial charge in [0.15, 0.2) is 0 Å². The van der Waals surface area contributed by atoms with Crippen molar-refractivity contribution in [3.63, 3.8) is 0 Å². The largest absolute Gasteiger partial charge is 3.00 e. The van der Waals surface area contributed by atoms with Crippen LogP contribution < -0.4 is 4.98 Å². The molecule has 0 unspecified atom stereocenters. The first kappa shape index (κ1) is 36.9. The Morgan fingerprint density at radius 3 is 1.50 bits per heavy atom. The number of rotatable bonds is 3. The zero-order chi connectivity index (χ0) is 35.2. The molecule has 254 valence electrons. The van der Waals surface area contributed by atoms with Crippen molar-refractivity contribution in [3.05, 3.63) is 178 Å². The van der Waals surface area contributed by atoms with Crippen molar-refractivity contribution in [3.8, 4) is 34.0 Å². The van der Waals surface area contributed by atoms with E-state index in [0.717, 1.165) is 48.2 Å². The Bertz CT molecular complexity index is 2410. The van der Waals surface area contributed by atoms with E-state index >= 15 is 0 Å². The first-order valence-corrected chi connectivity index (χ1v) is 17.9. The number of nitrogens with zero attached hydrogens (tertiary/aromatic N) is 5. The van der Waals surface area contributed by atoms with Crippen LogP contribution in [-0.2, 0) is 20.1 Å². The Morgan fingerprint density at radius 1 is 0.519 bits per heavy atom. The van der Waals surface area contributed by atoms with E-state index in [2.05, 4.69) is 131 Å². The van der Waals surface area contributed by atoms with E-state index in [1.165, 1.54) is 32.7 Å². The van der Waals surface area contributed by atoms with Gasteiger partial charge in [0.1, 0.15) is 0 Å². The van der Waals surface area contributed by atoms with Crippen molar-refractivity contribution < 1.29 is 20.1 Å². The summed E-state index contributed by atoms with van der Waals surface area (Å²) in [4.78, 5) is 21.9. The molecule has 0 atom stereocenters. The van der Waals surface area contributed by atoms with Crippen LogP contribution in [0.4, 0.5) is 0 Å². The molecule has 9 aromatic rings. The van der Waals surface area contributed by atoms with Crippen molar-refractivity contribution in [1.29, 1.82) is 0 Å². The molecule has 4 heterocycles. The van der Waals surface area contributed by atoms with E-state index in [0.29, 0.717) is 5.82 Å². The third kappa shape index (κ3) is 8.43. The van der Waals surface area contributed by atoms with E-state index in [9.17, 15) is 0 Å². The zero-order valence-corrected chi connectivity index (χ0v) is 33.7. The maximum atomic E-state index is 4.45. The summed E-state index contributed by atoms with van der Waals surface area (Å²) in [6.45, 7) is 4.22. The molecule has 0 saturated heterocycles. The molecule has 8 heteroatoms. The van der Waals surface area contributed by atoms with Crippen LogP contribution in [0.1, 0.15) is 11.1 Å². The van der Waals surface area contributed by atoms with Crippen molar-refractivity contribution in [2.75, 3.05) is 0 Å². The predicted molar refractivity (Wildman–Crippen MR) is 215 cm³/mol. The molecule has 52 heavy (non-hydrogen) atoms. The van der Waals surface area contributed by atoms with Crippen LogP contribution in [0.5, 0.6) is 0 Å². The van der Waals surface area contributed by atoms with Crippen LogP contribution in [0.25, 0.3) is 66.6 Å². The molecule has 0 bridgehead atoms. The van der Waals surface area contributed by atoms with Crippen molar-refractivity contribution in [1.82, 2.24) is 24.9 Å². The van der Waals surface area contributed by atoms with E-state index in [4.69, 9.17) is 0 Å². The second-order valence-corrected chi connectivity index (χ2v) is 13.6. The molecule has 0 amide bonds. The van der Waals surface area contributed by atoms with Gasteiger partial charge in [-0.25, -0.2) is 0 Å². The Balaban J connectivity index is 0.000000133. The molecule has 0 aliphatic heterocycles.